The Morgan fingerprint density at radius 3 is 2.19 bits per heavy atom. The van der Waals surface area contributed by atoms with Crippen LogP contribution in [0.4, 0.5) is 0 Å². The van der Waals surface area contributed by atoms with Gasteiger partial charge in [0.25, 0.3) is 15.6 Å². The molecule has 0 radical (unpaired) electrons. The van der Waals surface area contributed by atoms with Crippen LogP contribution in [0.25, 0.3) is 0 Å². The van der Waals surface area contributed by atoms with E-state index in [4.69, 9.17) is 12.2 Å². The molecule has 140 valence electrons. The van der Waals surface area contributed by atoms with Crippen LogP contribution in [0.3, 0.4) is 0 Å². The van der Waals surface area contributed by atoms with Gasteiger partial charge in [0.05, 0.1) is 11.3 Å². The average Bonchev–Trinajstić information content (AvgIpc) is 2.50. The van der Waals surface area contributed by atoms with Gasteiger partial charge >= 0.3 is 0 Å². The number of aromatic amines is 2. The van der Waals surface area contributed by atoms with Gasteiger partial charge in [-0.3, -0.25) is 20.0 Å². The Bertz CT molecular complexity index is 1030. The summed E-state index contributed by atoms with van der Waals surface area (Å²) >= 11 is 4.83. The number of hydrogen-bond donors (Lipinski definition) is 4. The predicted octanol–water partition coefficient (Wildman–Crippen LogP) is 1.22. The van der Waals surface area contributed by atoms with E-state index in [1.165, 1.54) is 6.07 Å². The van der Waals surface area contributed by atoms with Crippen molar-refractivity contribution in [2.75, 3.05) is 0 Å². The van der Waals surface area contributed by atoms with Gasteiger partial charge in [-0.1, -0.05) is 6.07 Å². The normalized spacial score (nSPS) is 11.4. The molecule has 10 heteroatoms. The zero-order chi connectivity index (χ0) is 19.6. The number of amides is 1. The van der Waals surface area contributed by atoms with Crippen molar-refractivity contribution in [3.05, 3.63) is 55.2 Å². The molecule has 8 nitrogen and oxygen atoms in total. The van der Waals surface area contributed by atoms with Crippen LogP contribution in [0.15, 0.2) is 21.8 Å². The highest BCUT2D eigenvalue weighted by Crippen LogP contribution is 2.25. The minimum absolute atomic E-state index is 0.0855. The number of hydrazine groups is 1. The summed E-state index contributed by atoms with van der Waals surface area (Å²) in [5.41, 5.74) is 4.91. The van der Waals surface area contributed by atoms with Gasteiger partial charge in [-0.05, 0) is 62.2 Å². The lowest BCUT2D eigenvalue weighted by molar-refractivity contribution is -0.120. The van der Waals surface area contributed by atoms with Crippen molar-refractivity contribution in [3.63, 3.8) is 0 Å². The number of aromatic nitrogens is 2. The summed E-state index contributed by atoms with van der Waals surface area (Å²) < 4.78 is 25.4. The van der Waals surface area contributed by atoms with E-state index in [0.717, 1.165) is 11.1 Å². The summed E-state index contributed by atoms with van der Waals surface area (Å²) in [7, 11) is -3.95. The topological polar surface area (TPSA) is 124 Å². The van der Waals surface area contributed by atoms with E-state index >= 15 is 0 Å². The predicted molar refractivity (Wildman–Crippen MR) is 99.8 cm³/mol. The second-order valence-electron chi connectivity index (χ2n) is 6.03. The standard InChI is InChI=1S/C16H20N4O4S2/c1-8-5-9(2)11(4)15(10(8)3)26(23,24)20-19-14(22)7-12-6-13(21)18-16(25)17-12/h5-6,20H,7H2,1-4H3,(H,19,22)(H2,17,18,21,25). The van der Waals surface area contributed by atoms with E-state index in [9.17, 15) is 18.0 Å². The molecule has 0 unspecified atom stereocenters. The highest BCUT2D eigenvalue weighted by molar-refractivity contribution is 7.89. The van der Waals surface area contributed by atoms with Crippen molar-refractivity contribution in [1.29, 1.82) is 0 Å². The summed E-state index contributed by atoms with van der Waals surface area (Å²) in [4.78, 5) is 30.6. The third-order valence-electron chi connectivity index (χ3n) is 4.06. The van der Waals surface area contributed by atoms with E-state index < -0.39 is 21.5 Å². The first kappa shape index (κ1) is 20.0. The lowest BCUT2D eigenvalue weighted by Crippen LogP contribution is -2.43. The Morgan fingerprint density at radius 1 is 1.08 bits per heavy atom. The minimum Gasteiger partial charge on any atom is -0.335 e. The fourth-order valence-corrected chi connectivity index (χ4v) is 4.30. The molecule has 0 fully saturated rings. The third kappa shape index (κ3) is 4.45. The molecule has 26 heavy (non-hydrogen) atoms. The Labute approximate surface area is 156 Å². The molecule has 2 rings (SSSR count). The van der Waals surface area contributed by atoms with Crippen LogP contribution in [0.2, 0.25) is 0 Å². The van der Waals surface area contributed by atoms with Crippen LogP contribution < -0.4 is 15.8 Å². The Morgan fingerprint density at radius 2 is 1.65 bits per heavy atom. The van der Waals surface area contributed by atoms with Crippen LogP contribution in [0, 0.1) is 32.5 Å². The molecule has 4 N–H and O–H groups in total. The van der Waals surface area contributed by atoms with Gasteiger partial charge in [0.2, 0.25) is 5.91 Å². The number of sulfonamides is 1. The summed E-state index contributed by atoms with van der Waals surface area (Å²) in [6, 6.07) is 3.10. The molecule has 0 bridgehead atoms. The fourth-order valence-electron chi connectivity index (χ4n) is 2.59. The van der Waals surface area contributed by atoms with Gasteiger partial charge < -0.3 is 4.98 Å². The highest BCUT2D eigenvalue weighted by Gasteiger charge is 2.22. The Hall–Kier alpha value is -2.30. The highest BCUT2D eigenvalue weighted by atomic mass is 32.2. The minimum atomic E-state index is -3.95. The van der Waals surface area contributed by atoms with Crippen molar-refractivity contribution < 1.29 is 13.2 Å². The van der Waals surface area contributed by atoms with Crippen molar-refractivity contribution >= 4 is 28.1 Å². The molecule has 0 spiro atoms. The number of aryl methyl sites for hydroxylation is 2. The molecular weight excluding hydrogens is 376 g/mol. The van der Waals surface area contributed by atoms with Gasteiger partial charge in [0, 0.05) is 11.8 Å². The average molecular weight is 396 g/mol. The maximum atomic E-state index is 12.6. The SMILES string of the molecule is Cc1cc(C)c(C)c(S(=O)(=O)NNC(=O)Cc2cc(=O)[nH]c(=S)[nH]2)c1C. The molecule has 0 aliphatic carbocycles. The van der Waals surface area contributed by atoms with E-state index in [1.54, 1.807) is 13.8 Å². The summed E-state index contributed by atoms with van der Waals surface area (Å²) in [5, 5.41) is 0. The van der Waals surface area contributed by atoms with E-state index in [1.807, 2.05) is 19.9 Å². The third-order valence-corrected chi connectivity index (χ3v) is 5.78. The number of rotatable bonds is 5. The monoisotopic (exact) mass is 396 g/mol. The van der Waals surface area contributed by atoms with Gasteiger partial charge in [0.1, 0.15) is 0 Å². The van der Waals surface area contributed by atoms with Crippen LogP contribution in [0.1, 0.15) is 27.9 Å². The van der Waals surface area contributed by atoms with E-state index in [2.05, 4.69) is 20.2 Å². The molecule has 0 atom stereocenters. The molecule has 0 saturated heterocycles. The molecule has 1 aromatic carbocycles. The molecule has 1 amide bonds. The lowest BCUT2D eigenvalue weighted by Gasteiger charge is -2.16. The van der Waals surface area contributed by atoms with Gasteiger partial charge in [-0.25, -0.2) is 8.42 Å². The van der Waals surface area contributed by atoms with Crippen molar-refractivity contribution in [2.24, 2.45) is 0 Å². The maximum Gasteiger partial charge on any atom is 0.257 e. The summed E-state index contributed by atoms with van der Waals surface area (Å²) in [5.74, 6) is -0.635. The first-order valence-corrected chi connectivity index (χ1v) is 9.61. The van der Waals surface area contributed by atoms with Crippen LogP contribution in [-0.4, -0.2) is 24.3 Å². The molecular formula is C16H20N4O4S2. The zero-order valence-electron chi connectivity index (χ0n) is 14.8. The van der Waals surface area contributed by atoms with Crippen LogP contribution in [0.5, 0.6) is 0 Å². The second kappa shape index (κ2) is 7.52. The number of carbonyl (C=O) groups excluding carboxylic acids is 1. The number of H-pyrrole nitrogens is 2. The van der Waals surface area contributed by atoms with Crippen LogP contribution >= 0.6 is 12.2 Å². The number of hydrogen-bond acceptors (Lipinski definition) is 5. The summed E-state index contributed by atoms with van der Waals surface area (Å²) in [6.07, 6.45) is -0.235. The number of nitrogens with one attached hydrogen (secondary N) is 4. The zero-order valence-corrected chi connectivity index (χ0v) is 16.4. The number of benzene rings is 1. The molecule has 1 aromatic heterocycles. The van der Waals surface area contributed by atoms with Crippen molar-refractivity contribution in [2.45, 2.75) is 39.0 Å². The largest absolute Gasteiger partial charge is 0.335 e. The Kier molecular flexibility index (Phi) is 5.79. The molecule has 0 aliphatic rings. The quantitative estimate of drug-likeness (QED) is 0.447. The van der Waals surface area contributed by atoms with Gasteiger partial charge in [-0.15, -0.1) is 4.83 Å². The molecule has 2 aromatic rings. The first-order valence-electron chi connectivity index (χ1n) is 7.72. The number of carbonyl (C=O) groups is 1. The van der Waals surface area contributed by atoms with Gasteiger partial charge in [0.15, 0.2) is 4.77 Å². The van der Waals surface area contributed by atoms with Crippen LogP contribution in [-0.2, 0) is 21.2 Å². The molecule has 0 aliphatic heterocycles. The van der Waals surface area contributed by atoms with E-state index in [-0.39, 0.29) is 21.8 Å². The van der Waals surface area contributed by atoms with Gasteiger partial charge in [-0.2, -0.15) is 0 Å². The smallest absolute Gasteiger partial charge is 0.257 e. The van der Waals surface area contributed by atoms with Crippen molar-refractivity contribution in [1.82, 2.24) is 20.2 Å². The molecule has 0 saturated carbocycles. The van der Waals surface area contributed by atoms with E-state index in [0.29, 0.717) is 11.1 Å². The Balaban J connectivity index is 2.19. The summed E-state index contributed by atoms with van der Waals surface area (Å²) in [6.45, 7) is 7.09. The second-order valence-corrected chi connectivity index (χ2v) is 8.06. The maximum absolute atomic E-state index is 12.6. The first-order chi connectivity index (χ1) is 12.0. The fraction of sp³-hybridized carbons (Fsp3) is 0.312. The van der Waals surface area contributed by atoms with Crippen molar-refractivity contribution in [3.8, 4) is 0 Å². The molecule has 1 heterocycles. The lowest BCUT2D eigenvalue weighted by atomic mass is 10.0.